The minimum atomic E-state index is -0.515. The third-order valence-electron chi connectivity index (χ3n) is 2.72. The monoisotopic (exact) mass is 234 g/mol. The van der Waals surface area contributed by atoms with Crippen molar-refractivity contribution in [2.45, 2.75) is 39.8 Å². The Hall–Kier alpha value is -1.35. The van der Waals surface area contributed by atoms with Crippen LogP contribution in [0.25, 0.3) is 0 Å². The summed E-state index contributed by atoms with van der Waals surface area (Å²) in [6, 6.07) is 8.16. The Morgan fingerprint density at radius 3 is 2.65 bits per heavy atom. The molecule has 1 rings (SSSR count). The lowest BCUT2D eigenvalue weighted by Gasteiger charge is -2.24. The zero-order chi connectivity index (χ0) is 12.9. The van der Waals surface area contributed by atoms with Gasteiger partial charge in [0.05, 0.1) is 5.54 Å². The zero-order valence-corrected chi connectivity index (χ0v) is 11.1. The van der Waals surface area contributed by atoms with Gasteiger partial charge in [-0.3, -0.25) is 4.79 Å². The molecule has 1 amide bonds. The van der Waals surface area contributed by atoms with Gasteiger partial charge in [0.25, 0.3) is 0 Å². The Kier molecular flexibility index (Phi) is 4.70. The largest absolute Gasteiger partial charge is 0.350 e. The Morgan fingerprint density at radius 2 is 2.06 bits per heavy atom. The number of rotatable bonds is 5. The van der Waals surface area contributed by atoms with Crippen LogP contribution in [0.4, 0.5) is 0 Å². The molecule has 0 bridgehead atoms. The molecule has 0 radical (unpaired) electrons. The van der Waals surface area contributed by atoms with Crippen LogP contribution >= 0.6 is 0 Å². The van der Waals surface area contributed by atoms with Crippen molar-refractivity contribution >= 4 is 5.91 Å². The van der Waals surface area contributed by atoms with Gasteiger partial charge in [0.15, 0.2) is 0 Å². The van der Waals surface area contributed by atoms with Gasteiger partial charge in [0.2, 0.25) is 5.91 Å². The van der Waals surface area contributed by atoms with Crippen LogP contribution in [-0.4, -0.2) is 18.0 Å². The summed E-state index contributed by atoms with van der Waals surface area (Å²) < 4.78 is 0. The molecule has 0 aliphatic carbocycles. The Balaban J connectivity index is 2.54. The van der Waals surface area contributed by atoms with E-state index in [9.17, 15) is 4.79 Å². The van der Waals surface area contributed by atoms with Crippen molar-refractivity contribution in [2.75, 3.05) is 6.54 Å². The van der Waals surface area contributed by atoms with E-state index in [0.717, 1.165) is 12.1 Å². The summed E-state index contributed by atoms with van der Waals surface area (Å²) in [6.45, 7) is 9.19. The highest BCUT2D eigenvalue weighted by atomic mass is 16.2. The van der Waals surface area contributed by atoms with Gasteiger partial charge in [-0.15, -0.1) is 0 Å². The van der Waals surface area contributed by atoms with Gasteiger partial charge in [-0.1, -0.05) is 36.8 Å². The molecule has 3 nitrogen and oxygen atoms in total. The number of amides is 1. The van der Waals surface area contributed by atoms with Crippen molar-refractivity contribution in [3.05, 3.63) is 35.4 Å². The molecule has 1 aromatic carbocycles. The second-order valence-corrected chi connectivity index (χ2v) is 4.83. The summed E-state index contributed by atoms with van der Waals surface area (Å²) in [7, 11) is 0. The average molecular weight is 234 g/mol. The van der Waals surface area contributed by atoms with Crippen molar-refractivity contribution in [1.82, 2.24) is 10.6 Å². The third-order valence-corrected chi connectivity index (χ3v) is 2.72. The molecule has 0 spiro atoms. The van der Waals surface area contributed by atoms with E-state index < -0.39 is 5.54 Å². The smallest absolute Gasteiger partial charge is 0.239 e. The summed E-state index contributed by atoms with van der Waals surface area (Å²) in [5.74, 6) is 0.0286. The second-order valence-electron chi connectivity index (χ2n) is 4.83. The van der Waals surface area contributed by atoms with Crippen molar-refractivity contribution in [3.63, 3.8) is 0 Å². The summed E-state index contributed by atoms with van der Waals surface area (Å²) in [4.78, 5) is 11.9. The first-order valence-corrected chi connectivity index (χ1v) is 6.04. The van der Waals surface area contributed by atoms with Crippen LogP contribution in [0.3, 0.4) is 0 Å². The van der Waals surface area contributed by atoms with E-state index in [0.29, 0.717) is 6.54 Å². The molecule has 0 heterocycles. The number of hydrogen-bond acceptors (Lipinski definition) is 2. The molecular formula is C14H22N2O. The second kappa shape index (κ2) is 5.82. The fraction of sp³-hybridized carbons (Fsp3) is 0.500. The van der Waals surface area contributed by atoms with Crippen molar-refractivity contribution in [2.24, 2.45) is 0 Å². The van der Waals surface area contributed by atoms with Gasteiger partial charge in [-0.25, -0.2) is 0 Å². The van der Waals surface area contributed by atoms with Crippen LogP contribution in [0.15, 0.2) is 24.3 Å². The van der Waals surface area contributed by atoms with E-state index in [1.807, 2.05) is 45.9 Å². The predicted octanol–water partition coefficient (Wildman–Crippen LogP) is 2.00. The van der Waals surface area contributed by atoms with Crippen LogP contribution in [0.1, 0.15) is 31.9 Å². The Labute approximate surface area is 104 Å². The van der Waals surface area contributed by atoms with E-state index in [4.69, 9.17) is 0 Å². The lowest BCUT2D eigenvalue weighted by atomic mass is 10.0. The molecule has 0 saturated carbocycles. The first kappa shape index (κ1) is 13.7. The van der Waals surface area contributed by atoms with Gasteiger partial charge in [0, 0.05) is 6.54 Å². The molecule has 0 aliphatic heterocycles. The average Bonchev–Trinajstić information content (AvgIpc) is 2.26. The van der Waals surface area contributed by atoms with Crippen LogP contribution in [-0.2, 0) is 11.3 Å². The van der Waals surface area contributed by atoms with Gasteiger partial charge < -0.3 is 10.6 Å². The predicted molar refractivity (Wildman–Crippen MR) is 70.8 cm³/mol. The number of likely N-dealkylation sites (N-methyl/N-ethyl adjacent to an activating group) is 1. The van der Waals surface area contributed by atoms with Gasteiger partial charge in [0.1, 0.15) is 0 Å². The molecule has 0 atom stereocenters. The number of benzene rings is 1. The fourth-order valence-electron chi connectivity index (χ4n) is 1.75. The normalized spacial score (nSPS) is 11.3. The van der Waals surface area contributed by atoms with Crippen molar-refractivity contribution in [1.29, 1.82) is 0 Å². The van der Waals surface area contributed by atoms with E-state index in [1.165, 1.54) is 5.56 Å². The number of hydrogen-bond donors (Lipinski definition) is 2. The fourth-order valence-corrected chi connectivity index (χ4v) is 1.75. The first-order chi connectivity index (χ1) is 7.95. The minimum Gasteiger partial charge on any atom is -0.350 e. The Bertz CT molecular complexity index is 386. The van der Waals surface area contributed by atoms with E-state index in [2.05, 4.69) is 16.7 Å². The lowest BCUT2D eigenvalue weighted by molar-refractivity contribution is -0.126. The highest BCUT2D eigenvalue weighted by Gasteiger charge is 2.25. The Morgan fingerprint density at radius 1 is 1.35 bits per heavy atom. The third kappa shape index (κ3) is 4.19. The number of nitrogens with one attached hydrogen (secondary N) is 2. The zero-order valence-electron chi connectivity index (χ0n) is 11.1. The SMILES string of the molecule is CCNC(C)(C)C(=O)NCc1cccc(C)c1. The molecular weight excluding hydrogens is 212 g/mol. The molecule has 2 N–H and O–H groups in total. The molecule has 3 heteroatoms. The summed E-state index contributed by atoms with van der Waals surface area (Å²) in [6.07, 6.45) is 0. The maximum absolute atomic E-state index is 11.9. The van der Waals surface area contributed by atoms with E-state index in [-0.39, 0.29) is 5.91 Å². The molecule has 94 valence electrons. The molecule has 0 saturated heterocycles. The van der Waals surface area contributed by atoms with Crippen LogP contribution in [0.2, 0.25) is 0 Å². The van der Waals surface area contributed by atoms with Crippen LogP contribution in [0, 0.1) is 6.92 Å². The van der Waals surface area contributed by atoms with Crippen LogP contribution < -0.4 is 10.6 Å². The first-order valence-electron chi connectivity index (χ1n) is 6.04. The minimum absolute atomic E-state index is 0.0286. The van der Waals surface area contributed by atoms with E-state index >= 15 is 0 Å². The lowest BCUT2D eigenvalue weighted by Crippen LogP contribution is -2.52. The molecule has 0 unspecified atom stereocenters. The number of carbonyl (C=O) groups is 1. The molecule has 0 aliphatic rings. The van der Waals surface area contributed by atoms with Crippen molar-refractivity contribution in [3.8, 4) is 0 Å². The summed E-state index contributed by atoms with van der Waals surface area (Å²) >= 11 is 0. The summed E-state index contributed by atoms with van der Waals surface area (Å²) in [5, 5.41) is 6.11. The number of carbonyl (C=O) groups excluding carboxylic acids is 1. The quantitative estimate of drug-likeness (QED) is 0.818. The maximum Gasteiger partial charge on any atom is 0.239 e. The summed E-state index contributed by atoms with van der Waals surface area (Å²) in [5.41, 5.74) is 1.83. The van der Waals surface area contributed by atoms with Gasteiger partial charge >= 0.3 is 0 Å². The highest BCUT2D eigenvalue weighted by molar-refractivity contribution is 5.85. The van der Waals surface area contributed by atoms with E-state index in [1.54, 1.807) is 0 Å². The molecule has 1 aromatic rings. The topological polar surface area (TPSA) is 41.1 Å². The molecule has 0 aromatic heterocycles. The standard InChI is InChI=1S/C14H22N2O/c1-5-16-14(3,4)13(17)15-10-12-8-6-7-11(2)9-12/h6-9,16H,5,10H2,1-4H3,(H,15,17). The number of aryl methyl sites for hydroxylation is 1. The highest BCUT2D eigenvalue weighted by Crippen LogP contribution is 2.05. The van der Waals surface area contributed by atoms with Gasteiger partial charge in [-0.2, -0.15) is 0 Å². The van der Waals surface area contributed by atoms with Crippen molar-refractivity contribution < 1.29 is 4.79 Å². The molecule has 0 fully saturated rings. The molecule has 17 heavy (non-hydrogen) atoms. The maximum atomic E-state index is 11.9. The van der Waals surface area contributed by atoms with Gasteiger partial charge in [-0.05, 0) is 32.9 Å². The van der Waals surface area contributed by atoms with Crippen LogP contribution in [0.5, 0.6) is 0 Å².